The lowest BCUT2D eigenvalue weighted by Gasteiger charge is -2.35. The molecule has 1 fully saturated rings. The second kappa shape index (κ2) is 10.2. The van der Waals surface area contributed by atoms with Crippen molar-refractivity contribution in [3.05, 3.63) is 23.8 Å². The van der Waals surface area contributed by atoms with E-state index in [1.165, 1.54) is 18.4 Å². The van der Waals surface area contributed by atoms with Crippen molar-refractivity contribution < 1.29 is 9.47 Å². The highest BCUT2D eigenvalue weighted by atomic mass is 127. The van der Waals surface area contributed by atoms with Gasteiger partial charge in [-0.25, -0.2) is 0 Å². The van der Waals surface area contributed by atoms with E-state index in [9.17, 15) is 0 Å². The summed E-state index contributed by atoms with van der Waals surface area (Å²) in [5, 5.41) is 3.57. The minimum atomic E-state index is -0.0586. The molecule has 0 radical (unpaired) electrons. The van der Waals surface area contributed by atoms with Crippen LogP contribution in [0.3, 0.4) is 0 Å². The van der Waals surface area contributed by atoms with Gasteiger partial charge in [-0.15, -0.1) is 24.0 Å². The van der Waals surface area contributed by atoms with Crippen LogP contribution in [0.2, 0.25) is 0 Å². The summed E-state index contributed by atoms with van der Waals surface area (Å²) in [6.45, 7) is 9.74. The van der Waals surface area contributed by atoms with Gasteiger partial charge in [0.15, 0.2) is 17.5 Å². The van der Waals surface area contributed by atoms with Crippen LogP contribution in [-0.2, 0) is 5.41 Å². The summed E-state index contributed by atoms with van der Waals surface area (Å²) >= 11 is 0. The Morgan fingerprint density at radius 2 is 1.96 bits per heavy atom. The molecule has 0 saturated carbocycles. The Bertz CT molecular complexity index is 605. The van der Waals surface area contributed by atoms with Crippen molar-refractivity contribution in [3.63, 3.8) is 0 Å². The molecule has 0 aromatic heterocycles. The van der Waals surface area contributed by atoms with E-state index in [0.717, 1.165) is 43.0 Å². The van der Waals surface area contributed by atoms with Gasteiger partial charge < -0.3 is 19.7 Å². The second-order valence-corrected chi connectivity index (χ2v) is 7.55. The number of ether oxygens (including phenoxy) is 2. The average Bonchev–Trinajstić information content (AvgIpc) is 2.61. The molecule has 1 saturated heterocycles. The SMILES string of the molecule is CN=C(NCC(C)(C)c1ccc(OC)c(OC)c1)N1CCCC(C)C1.I. The van der Waals surface area contributed by atoms with Gasteiger partial charge in [-0.1, -0.05) is 26.8 Å². The first kappa shape index (κ1) is 22.9. The van der Waals surface area contributed by atoms with Crippen LogP contribution in [0.1, 0.15) is 39.2 Å². The zero-order valence-electron chi connectivity index (χ0n) is 17.0. The van der Waals surface area contributed by atoms with Crippen molar-refractivity contribution in [1.82, 2.24) is 10.2 Å². The topological polar surface area (TPSA) is 46.1 Å². The maximum absolute atomic E-state index is 5.45. The minimum Gasteiger partial charge on any atom is -0.493 e. The van der Waals surface area contributed by atoms with Crippen LogP contribution in [0.25, 0.3) is 0 Å². The highest BCUT2D eigenvalue weighted by molar-refractivity contribution is 14.0. The quantitative estimate of drug-likeness (QED) is 0.399. The largest absolute Gasteiger partial charge is 0.493 e. The number of likely N-dealkylation sites (tertiary alicyclic amines) is 1. The molecule has 0 amide bonds. The lowest BCUT2D eigenvalue weighted by Crippen LogP contribution is -2.49. The third-order valence-corrected chi connectivity index (χ3v) is 5.02. The van der Waals surface area contributed by atoms with Crippen molar-refractivity contribution in [2.45, 2.75) is 39.0 Å². The van der Waals surface area contributed by atoms with Crippen LogP contribution < -0.4 is 14.8 Å². The number of halogens is 1. The molecule has 148 valence electrons. The number of benzene rings is 1. The molecule has 2 rings (SSSR count). The van der Waals surface area contributed by atoms with E-state index in [2.05, 4.69) is 48.1 Å². The Labute approximate surface area is 175 Å². The molecule has 1 heterocycles. The van der Waals surface area contributed by atoms with E-state index in [-0.39, 0.29) is 29.4 Å². The number of piperidine rings is 1. The number of aliphatic imine (C=N–C) groups is 1. The predicted octanol–water partition coefficient (Wildman–Crippen LogP) is 3.91. The molecule has 0 aliphatic carbocycles. The standard InChI is InChI=1S/C20H33N3O2.HI/c1-15-8-7-11-23(13-15)19(21-4)22-14-20(2,3)16-9-10-17(24-5)18(12-16)25-6;/h9-10,12,15H,7-8,11,13-14H2,1-6H3,(H,21,22);1H. The zero-order valence-corrected chi connectivity index (χ0v) is 19.3. The summed E-state index contributed by atoms with van der Waals surface area (Å²) in [5.41, 5.74) is 1.15. The first-order valence-corrected chi connectivity index (χ1v) is 9.09. The van der Waals surface area contributed by atoms with E-state index in [4.69, 9.17) is 9.47 Å². The number of guanidine groups is 1. The van der Waals surface area contributed by atoms with Crippen LogP contribution in [0.4, 0.5) is 0 Å². The molecular formula is C20H34IN3O2. The van der Waals surface area contributed by atoms with Crippen LogP contribution >= 0.6 is 24.0 Å². The number of nitrogens with one attached hydrogen (secondary N) is 1. The Morgan fingerprint density at radius 1 is 1.27 bits per heavy atom. The summed E-state index contributed by atoms with van der Waals surface area (Å²) in [7, 11) is 5.20. The lowest BCUT2D eigenvalue weighted by atomic mass is 9.84. The summed E-state index contributed by atoms with van der Waals surface area (Å²) in [5.74, 6) is 3.25. The Morgan fingerprint density at radius 3 is 2.54 bits per heavy atom. The molecule has 1 aromatic carbocycles. The fraction of sp³-hybridized carbons (Fsp3) is 0.650. The molecule has 1 N–H and O–H groups in total. The highest BCUT2D eigenvalue weighted by Gasteiger charge is 2.25. The number of hydrogen-bond donors (Lipinski definition) is 1. The smallest absolute Gasteiger partial charge is 0.193 e. The molecule has 1 aromatic rings. The Balaban J connectivity index is 0.00000338. The van der Waals surface area contributed by atoms with Crippen molar-refractivity contribution in [2.24, 2.45) is 10.9 Å². The molecular weight excluding hydrogens is 441 g/mol. The zero-order chi connectivity index (χ0) is 18.4. The molecule has 1 aliphatic rings. The monoisotopic (exact) mass is 475 g/mol. The van der Waals surface area contributed by atoms with Crippen LogP contribution in [0.15, 0.2) is 23.2 Å². The lowest BCUT2D eigenvalue weighted by molar-refractivity contribution is 0.264. The van der Waals surface area contributed by atoms with Gasteiger partial charge in [0.1, 0.15) is 0 Å². The average molecular weight is 475 g/mol. The molecule has 6 heteroatoms. The van der Waals surface area contributed by atoms with E-state index >= 15 is 0 Å². The number of nitrogens with zero attached hydrogens (tertiary/aromatic N) is 2. The van der Waals surface area contributed by atoms with Gasteiger partial charge in [0, 0.05) is 32.1 Å². The predicted molar refractivity (Wildman–Crippen MR) is 119 cm³/mol. The Hall–Kier alpha value is -1.18. The highest BCUT2D eigenvalue weighted by Crippen LogP contribution is 2.33. The van der Waals surface area contributed by atoms with Crippen LogP contribution in [0.5, 0.6) is 11.5 Å². The molecule has 0 bridgehead atoms. The van der Waals surface area contributed by atoms with Crippen molar-refractivity contribution in [1.29, 1.82) is 0 Å². The fourth-order valence-electron chi connectivity index (χ4n) is 3.37. The van der Waals surface area contributed by atoms with E-state index < -0.39 is 0 Å². The molecule has 1 atom stereocenters. The van der Waals surface area contributed by atoms with Gasteiger partial charge in [0.05, 0.1) is 14.2 Å². The van der Waals surface area contributed by atoms with Gasteiger partial charge in [-0.2, -0.15) is 0 Å². The van der Waals surface area contributed by atoms with Crippen molar-refractivity contribution >= 4 is 29.9 Å². The van der Waals surface area contributed by atoms with Crippen LogP contribution in [0, 0.1) is 5.92 Å². The third kappa shape index (κ3) is 5.66. The van der Waals surface area contributed by atoms with Gasteiger partial charge in [0.2, 0.25) is 0 Å². The number of methoxy groups -OCH3 is 2. The second-order valence-electron chi connectivity index (χ2n) is 7.55. The first-order valence-electron chi connectivity index (χ1n) is 9.09. The summed E-state index contributed by atoms with van der Waals surface area (Å²) in [6, 6.07) is 6.14. The van der Waals surface area contributed by atoms with E-state index in [1.807, 2.05) is 13.1 Å². The number of hydrogen-bond acceptors (Lipinski definition) is 3. The van der Waals surface area contributed by atoms with E-state index in [0.29, 0.717) is 0 Å². The van der Waals surface area contributed by atoms with Gasteiger partial charge in [-0.3, -0.25) is 4.99 Å². The molecule has 1 unspecified atom stereocenters. The molecule has 26 heavy (non-hydrogen) atoms. The fourth-order valence-corrected chi connectivity index (χ4v) is 3.37. The first-order chi connectivity index (χ1) is 11.9. The van der Waals surface area contributed by atoms with Crippen molar-refractivity contribution in [2.75, 3.05) is 40.9 Å². The van der Waals surface area contributed by atoms with Gasteiger partial charge in [0.25, 0.3) is 0 Å². The van der Waals surface area contributed by atoms with Crippen LogP contribution in [-0.4, -0.2) is 51.8 Å². The van der Waals surface area contributed by atoms with Gasteiger partial charge in [-0.05, 0) is 36.5 Å². The third-order valence-electron chi connectivity index (χ3n) is 5.02. The van der Waals surface area contributed by atoms with Gasteiger partial charge >= 0.3 is 0 Å². The van der Waals surface area contributed by atoms with E-state index in [1.54, 1.807) is 14.2 Å². The molecule has 1 aliphatic heterocycles. The molecule has 5 nitrogen and oxygen atoms in total. The summed E-state index contributed by atoms with van der Waals surface area (Å²) in [6.07, 6.45) is 2.55. The van der Waals surface area contributed by atoms with Crippen molar-refractivity contribution in [3.8, 4) is 11.5 Å². The Kier molecular flexibility index (Phi) is 9.00. The maximum Gasteiger partial charge on any atom is 0.193 e. The minimum absolute atomic E-state index is 0. The molecule has 0 spiro atoms. The number of rotatable bonds is 5. The normalized spacial score (nSPS) is 18.2. The summed E-state index contributed by atoms with van der Waals surface area (Å²) < 4.78 is 10.8. The summed E-state index contributed by atoms with van der Waals surface area (Å²) in [4.78, 5) is 6.86. The maximum atomic E-state index is 5.45.